The molecule has 8 nitrogen and oxygen atoms in total. The van der Waals surface area contributed by atoms with Crippen LogP contribution >= 0.6 is 0 Å². The summed E-state index contributed by atoms with van der Waals surface area (Å²) in [7, 11) is 2.76. The van der Waals surface area contributed by atoms with E-state index in [2.05, 4.69) is 5.32 Å². The monoisotopic (exact) mass is 373 g/mol. The van der Waals surface area contributed by atoms with Crippen LogP contribution in [0.2, 0.25) is 0 Å². The van der Waals surface area contributed by atoms with E-state index >= 15 is 0 Å². The van der Waals surface area contributed by atoms with E-state index in [4.69, 9.17) is 23.7 Å². The molecule has 0 radical (unpaired) electrons. The number of fused-ring (bicyclic) bond motifs is 1. The summed E-state index contributed by atoms with van der Waals surface area (Å²) in [4.78, 5) is 24.0. The summed E-state index contributed by atoms with van der Waals surface area (Å²) in [5, 5.41) is 2.71. The van der Waals surface area contributed by atoms with Crippen LogP contribution in [0.25, 0.3) is 0 Å². The van der Waals surface area contributed by atoms with Gasteiger partial charge in [-0.25, -0.2) is 4.79 Å². The van der Waals surface area contributed by atoms with Gasteiger partial charge in [-0.05, 0) is 24.3 Å². The molecular formula is C19H19NO7. The van der Waals surface area contributed by atoms with E-state index in [9.17, 15) is 9.59 Å². The lowest BCUT2D eigenvalue weighted by Crippen LogP contribution is -2.21. The molecule has 1 aliphatic heterocycles. The lowest BCUT2D eigenvalue weighted by atomic mass is 10.2. The molecule has 0 saturated carbocycles. The Balaban J connectivity index is 1.66. The number of ether oxygens (including phenoxy) is 5. The number of rotatable bonds is 6. The third-order valence-corrected chi connectivity index (χ3v) is 3.78. The zero-order valence-electron chi connectivity index (χ0n) is 14.9. The van der Waals surface area contributed by atoms with Gasteiger partial charge < -0.3 is 29.0 Å². The average Bonchev–Trinajstić information content (AvgIpc) is 2.71. The van der Waals surface area contributed by atoms with Gasteiger partial charge in [-0.15, -0.1) is 0 Å². The lowest BCUT2D eigenvalue weighted by Gasteiger charge is -2.19. The highest BCUT2D eigenvalue weighted by Gasteiger charge is 2.16. The fourth-order valence-electron chi connectivity index (χ4n) is 2.49. The largest absolute Gasteiger partial charge is 0.497 e. The number of methoxy groups -OCH3 is 2. The van der Waals surface area contributed by atoms with Crippen LogP contribution in [-0.2, 0) is 9.53 Å². The summed E-state index contributed by atoms with van der Waals surface area (Å²) in [6.07, 6.45) is 0. The zero-order valence-corrected chi connectivity index (χ0v) is 14.9. The summed E-state index contributed by atoms with van der Waals surface area (Å²) in [5.41, 5.74) is 0.747. The minimum absolute atomic E-state index is 0.193. The molecule has 0 unspecified atom stereocenters. The summed E-state index contributed by atoms with van der Waals surface area (Å²) >= 11 is 0. The quantitative estimate of drug-likeness (QED) is 0.777. The fraction of sp³-hybridized carbons (Fsp3) is 0.263. The Morgan fingerprint density at radius 3 is 2.56 bits per heavy atom. The molecule has 142 valence electrons. The molecule has 0 fully saturated rings. The number of carbonyl (C=O) groups is 2. The van der Waals surface area contributed by atoms with Crippen molar-refractivity contribution >= 4 is 17.6 Å². The Morgan fingerprint density at radius 1 is 1.04 bits per heavy atom. The number of carbonyl (C=O) groups excluding carboxylic acids is 2. The topological polar surface area (TPSA) is 92.3 Å². The van der Waals surface area contributed by atoms with Crippen molar-refractivity contribution in [3.63, 3.8) is 0 Å². The highest BCUT2D eigenvalue weighted by molar-refractivity contribution is 5.94. The van der Waals surface area contributed by atoms with E-state index in [1.165, 1.54) is 26.4 Å². The van der Waals surface area contributed by atoms with Crippen molar-refractivity contribution in [1.29, 1.82) is 0 Å². The fourth-order valence-corrected chi connectivity index (χ4v) is 2.49. The zero-order chi connectivity index (χ0) is 19.2. The summed E-state index contributed by atoms with van der Waals surface area (Å²) in [6.45, 7) is 0.654. The van der Waals surface area contributed by atoms with Crippen molar-refractivity contribution < 1.29 is 33.3 Å². The molecule has 0 aliphatic carbocycles. The van der Waals surface area contributed by atoms with Gasteiger partial charge in [0.1, 0.15) is 30.3 Å². The van der Waals surface area contributed by atoms with Crippen molar-refractivity contribution in [2.45, 2.75) is 0 Å². The van der Waals surface area contributed by atoms with Crippen LogP contribution in [0.1, 0.15) is 10.4 Å². The Bertz CT molecular complexity index is 850. The predicted octanol–water partition coefficient (Wildman–Crippen LogP) is 2.27. The van der Waals surface area contributed by atoms with Gasteiger partial charge in [0.2, 0.25) is 0 Å². The maximum absolute atomic E-state index is 12.2. The van der Waals surface area contributed by atoms with Crippen LogP contribution in [0.15, 0.2) is 36.4 Å². The first-order chi connectivity index (χ1) is 13.1. The molecule has 1 amide bonds. The Morgan fingerprint density at radius 2 is 1.81 bits per heavy atom. The number of nitrogens with one attached hydrogen (secondary N) is 1. The molecule has 0 aromatic heterocycles. The molecule has 1 aliphatic rings. The number of hydrogen-bond donors (Lipinski definition) is 1. The minimum Gasteiger partial charge on any atom is -0.497 e. The van der Waals surface area contributed by atoms with Gasteiger partial charge in [-0.1, -0.05) is 0 Å². The van der Waals surface area contributed by atoms with Crippen molar-refractivity contribution in [3.8, 4) is 23.0 Å². The second-order valence-electron chi connectivity index (χ2n) is 5.55. The van der Waals surface area contributed by atoms with E-state index in [1.54, 1.807) is 24.3 Å². The maximum Gasteiger partial charge on any atom is 0.341 e. The van der Waals surface area contributed by atoms with E-state index in [-0.39, 0.29) is 17.9 Å². The lowest BCUT2D eigenvalue weighted by molar-refractivity contribution is -0.118. The van der Waals surface area contributed by atoms with Gasteiger partial charge in [-0.3, -0.25) is 4.79 Å². The molecule has 27 heavy (non-hydrogen) atoms. The second-order valence-corrected chi connectivity index (χ2v) is 5.55. The number of amides is 1. The molecule has 2 aromatic carbocycles. The standard InChI is InChI=1S/C19H19NO7/c1-23-13-4-5-14(19(22)24-2)16(10-13)27-11-18(21)20-12-3-6-15-17(9-12)26-8-7-25-15/h3-6,9-10H,7-8,11H2,1-2H3,(H,20,21). The number of hydrogen-bond acceptors (Lipinski definition) is 7. The first kappa shape index (κ1) is 18.4. The summed E-state index contributed by atoms with van der Waals surface area (Å²) in [5.74, 6) is 0.920. The van der Waals surface area contributed by atoms with E-state index in [1.807, 2.05) is 0 Å². The average molecular weight is 373 g/mol. The normalized spacial score (nSPS) is 12.1. The molecule has 0 spiro atoms. The van der Waals surface area contributed by atoms with Crippen LogP contribution in [0, 0.1) is 0 Å². The molecule has 0 atom stereocenters. The molecular weight excluding hydrogens is 354 g/mol. The van der Waals surface area contributed by atoms with Crippen molar-refractivity contribution in [2.24, 2.45) is 0 Å². The molecule has 8 heteroatoms. The molecule has 0 bridgehead atoms. The van der Waals surface area contributed by atoms with Gasteiger partial charge in [0.15, 0.2) is 18.1 Å². The maximum atomic E-state index is 12.2. The van der Waals surface area contributed by atoms with Gasteiger partial charge in [0, 0.05) is 17.8 Å². The number of benzene rings is 2. The highest BCUT2D eigenvalue weighted by atomic mass is 16.6. The number of esters is 1. The second kappa shape index (κ2) is 8.31. The first-order valence-corrected chi connectivity index (χ1v) is 8.19. The van der Waals surface area contributed by atoms with Crippen molar-refractivity contribution in [1.82, 2.24) is 0 Å². The van der Waals surface area contributed by atoms with Crippen LogP contribution in [0.4, 0.5) is 5.69 Å². The summed E-state index contributed by atoms with van der Waals surface area (Å²) in [6, 6.07) is 9.74. The van der Waals surface area contributed by atoms with Gasteiger partial charge in [-0.2, -0.15) is 0 Å². The predicted molar refractivity (Wildman–Crippen MR) is 95.9 cm³/mol. The summed E-state index contributed by atoms with van der Waals surface area (Å²) < 4.78 is 26.3. The third-order valence-electron chi connectivity index (χ3n) is 3.78. The molecule has 3 rings (SSSR count). The SMILES string of the molecule is COC(=O)c1ccc(OC)cc1OCC(=O)Nc1ccc2c(c1)OCCO2. The molecule has 0 saturated heterocycles. The van der Waals surface area contributed by atoms with Gasteiger partial charge in [0.05, 0.1) is 14.2 Å². The third kappa shape index (κ3) is 4.41. The van der Waals surface area contributed by atoms with Gasteiger partial charge in [0.25, 0.3) is 5.91 Å². The smallest absolute Gasteiger partial charge is 0.341 e. The Kier molecular flexibility index (Phi) is 5.65. The van der Waals surface area contributed by atoms with Crippen LogP contribution < -0.4 is 24.3 Å². The van der Waals surface area contributed by atoms with Crippen molar-refractivity contribution in [2.75, 3.05) is 39.4 Å². The minimum atomic E-state index is -0.570. The van der Waals surface area contributed by atoms with Crippen LogP contribution in [0.5, 0.6) is 23.0 Å². The first-order valence-electron chi connectivity index (χ1n) is 8.19. The Labute approximate surface area is 155 Å². The van der Waals surface area contributed by atoms with Gasteiger partial charge >= 0.3 is 5.97 Å². The molecule has 2 aromatic rings. The number of anilines is 1. The van der Waals surface area contributed by atoms with E-state index in [0.717, 1.165) is 0 Å². The van der Waals surface area contributed by atoms with Crippen LogP contribution in [0.3, 0.4) is 0 Å². The van der Waals surface area contributed by atoms with E-state index in [0.29, 0.717) is 36.1 Å². The van der Waals surface area contributed by atoms with Crippen molar-refractivity contribution in [3.05, 3.63) is 42.0 Å². The van der Waals surface area contributed by atoms with E-state index < -0.39 is 11.9 Å². The Hall–Kier alpha value is -3.42. The highest BCUT2D eigenvalue weighted by Crippen LogP contribution is 2.32. The molecule has 1 heterocycles. The molecule has 1 N–H and O–H groups in total. The van der Waals surface area contributed by atoms with Crippen LogP contribution in [-0.4, -0.2) is 45.9 Å².